The Morgan fingerprint density at radius 3 is 2.21 bits per heavy atom. The highest BCUT2D eigenvalue weighted by Gasteiger charge is 2.14. The second kappa shape index (κ2) is 5.41. The van der Waals surface area contributed by atoms with Gasteiger partial charge in [-0.25, -0.2) is 4.39 Å². The highest BCUT2D eigenvalue weighted by atomic mass is 19.1. The number of ether oxygens (including phenoxy) is 1. The molecular formula is C16H18FNO. The molecule has 1 unspecified atom stereocenters. The fourth-order valence-electron chi connectivity index (χ4n) is 2.26. The van der Waals surface area contributed by atoms with Crippen LogP contribution in [0.15, 0.2) is 36.4 Å². The van der Waals surface area contributed by atoms with Gasteiger partial charge >= 0.3 is 0 Å². The van der Waals surface area contributed by atoms with Crippen molar-refractivity contribution in [2.45, 2.75) is 19.9 Å². The highest BCUT2D eigenvalue weighted by Crippen LogP contribution is 2.26. The van der Waals surface area contributed by atoms with Crippen molar-refractivity contribution in [3.63, 3.8) is 0 Å². The monoisotopic (exact) mass is 259 g/mol. The Morgan fingerprint density at radius 1 is 1.05 bits per heavy atom. The average Bonchev–Trinajstić information content (AvgIpc) is 2.36. The van der Waals surface area contributed by atoms with Crippen LogP contribution in [0.1, 0.15) is 28.3 Å². The largest absolute Gasteiger partial charge is 0.497 e. The van der Waals surface area contributed by atoms with Crippen molar-refractivity contribution in [1.82, 2.24) is 0 Å². The molecule has 2 aromatic rings. The van der Waals surface area contributed by atoms with Crippen molar-refractivity contribution >= 4 is 0 Å². The van der Waals surface area contributed by atoms with Gasteiger partial charge in [0.1, 0.15) is 11.6 Å². The molecule has 0 saturated heterocycles. The van der Waals surface area contributed by atoms with E-state index in [2.05, 4.69) is 6.07 Å². The molecule has 0 radical (unpaired) electrons. The zero-order chi connectivity index (χ0) is 14.0. The van der Waals surface area contributed by atoms with Crippen molar-refractivity contribution in [1.29, 1.82) is 0 Å². The van der Waals surface area contributed by atoms with Gasteiger partial charge in [0.05, 0.1) is 13.2 Å². The van der Waals surface area contributed by atoms with Crippen molar-refractivity contribution < 1.29 is 9.13 Å². The van der Waals surface area contributed by atoms with Crippen molar-refractivity contribution in [3.8, 4) is 5.75 Å². The molecule has 0 bridgehead atoms. The summed E-state index contributed by atoms with van der Waals surface area (Å²) in [6, 6.07) is 10.3. The molecule has 0 heterocycles. The van der Waals surface area contributed by atoms with Crippen molar-refractivity contribution in [2.75, 3.05) is 7.11 Å². The molecule has 1 atom stereocenters. The molecule has 0 aliphatic heterocycles. The molecular weight excluding hydrogens is 241 g/mol. The molecule has 2 rings (SSSR count). The SMILES string of the molecule is COc1ccc(C(N)c2cc(C)cc(C)c2)c(F)c1. The zero-order valence-corrected chi connectivity index (χ0v) is 11.4. The maximum absolute atomic E-state index is 14.0. The summed E-state index contributed by atoms with van der Waals surface area (Å²) < 4.78 is 19.0. The van der Waals surface area contributed by atoms with Crippen LogP contribution in [0.4, 0.5) is 4.39 Å². The fourth-order valence-corrected chi connectivity index (χ4v) is 2.26. The van der Waals surface area contributed by atoms with E-state index in [0.717, 1.165) is 16.7 Å². The lowest BCUT2D eigenvalue weighted by molar-refractivity contribution is 0.410. The van der Waals surface area contributed by atoms with E-state index in [9.17, 15) is 4.39 Å². The van der Waals surface area contributed by atoms with Crippen LogP contribution in [0, 0.1) is 19.7 Å². The number of aryl methyl sites for hydroxylation is 2. The lowest BCUT2D eigenvalue weighted by Crippen LogP contribution is -2.14. The van der Waals surface area contributed by atoms with E-state index in [1.54, 1.807) is 12.1 Å². The molecule has 0 aliphatic carbocycles. The Balaban J connectivity index is 2.40. The predicted molar refractivity (Wildman–Crippen MR) is 74.9 cm³/mol. The van der Waals surface area contributed by atoms with E-state index in [-0.39, 0.29) is 5.82 Å². The summed E-state index contributed by atoms with van der Waals surface area (Å²) in [6.45, 7) is 4.02. The number of hydrogen-bond donors (Lipinski definition) is 1. The molecule has 0 aromatic heterocycles. The quantitative estimate of drug-likeness (QED) is 0.915. The summed E-state index contributed by atoms with van der Waals surface area (Å²) in [6.07, 6.45) is 0. The second-order valence-electron chi connectivity index (χ2n) is 4.79. The van der Waals surface area contributed by atoms with Crippen LogP contribution in [0.2, 0.25) is 0 Å². The van der Waals surface area contributed by atoms with Crippen LogP contribution in [-0.4, -0.2) is 7.11 Å². The van der Waals surface area contributed by atoms with Crippen LogP contribution in [-0.2, 0) is 0 Å². The summed E-state index contributed by atoms with van der Waals surface area (Å²) in [5.74, 6) is 0.153. The number of nitrogens with two attached hydrogens (primary N) is 1. The Bertz CT molecular complexity index is 575. The Morgan fingerprint density at radius 2 is 1.68 bits per heavy atom. The van der Waals surface area contributed by atoms with Crippen LogP contribution in [0.5, 0.6) is 5.75 Å². The first-order valence-electron chi connectivity index (χ1n) is 6.18. The topological polar surface area (TPSA) is 35.2 Å². The number of benzene rings is 2. The first-order valence-corrected chi connectivity index (χ1v) is 6.18. The summed E-state index contributed by atoms with van der Waals surface area (Å²) in [4.78, 5) is 0. The number of hydrogen-bond acceptors (Lipinski definition) is 2. The normalized spacial score (nSPS) is 12.3. The number of methoxy groups -OCH3 is 1. The average molecular weight is 259 g/mol. The third-order valence-corrected chi connectivity index (χ3v) is 3.15. The summed E-state index contributed by atoms with van der Waals surface area (Å²) in [5, 5.41) is 0. The maximum Gasteiger partial charge on any atom is 0.132 e. The minimum Gasteiger partial charge on any atom is -0.497 e. The van der Waals surface area contributed by atoms with Crippen LogP contribution in [0.25, 0.3) is 0 Å². The zero-order valence-electron chi connectivity index (χ0n) is 11.4. The van der Waals surface area contributed by atoms with Crippen molar-refractivity contribution in [3.05, 3.63) is 64.5 Å². The van der Waals surface area contributed by atoms with E-state index >= 15 is 0 Å². The molecule has 2 nitrogen and oxygen atoms in total. The van der Waals surface area contributed by atoms with Gasteiger partial charge in [-0.15, -0.1) is 0 Å². The van der Waals surface area contributed by atoms with Gasteiger partial charge in [-0.05, 0) is 25.5 Å². The maximum atomic E-state index is 14.0. The minimum atomic E-state index is -0.468. The Kier molecular flexibility index (Phi) is 3.86. The molecule has 2 aromatic carbocycles. The fraction of sp³-hybridized carbons (Fsp3) is 0.250. The first kappa shape index (κ1) is 13.6. The molecule has 100 valence electrons. The second-order valence-corrected chi connectivity index (χ2v) is 4.79. The van der Waals surface area contributed by atoms with E-state index in [1.807, 2.05) is 26.0 Å². The molecule has 0 saturated carbocycles. The van der Waals surface area contributed by atoms with Crippen molar-refractivity contribution in [2.24, 2.45) is 5.73 Å². The van der Waals surface area contributed by atoms with Gasteiger partial charge in [-0.2, -0.15) is 0 Å². The lowest BCUT2D eigenvalue weighted by atomic mass is 9.96. The van der Waals surface area contributed by atoms with E-state index in [1.165, 1.54) is 13.2 Å². The van der Waals surface area contributed by atoms with Crippen LogP contribution < -0.4 is 10.5 Å². The Labute approximate surface area is 113 Å². The van der Waals surface area contributed by atoms with E-state index in [0.29, 0.717) is 11.3 Å². The van der Waals surface area contributed by atoms with Gasteiger partial charge < -0.3 is 10.5 Å². The third-order valence-electron chi connectivity index (χ3n) is 3.15. The summed E-state index contributed by atoms with van der Waals surface area (Å²) in [7, 11) is 1.51. The molecule has 0 amide bonds. The predicted octanol–water partition coefficient (Wildman–Crippen LogP) is 3.50. The molecule has 3 heteroatoms. The van der Waals surface area contributed by atoms with Gasteiger partial charge in [0.2, 0.25) is 0 Å². The van der Waals surface area contributed by atoms with Gasteiger partial charge in [0, 0.05) is 11.6 Å². The Hall–Kier alpha value is -1.87. The minimum absolute atomic E-state index is 0.342. The van der Waals surface area contributed by atoms with Gasteiger partial charge in [0.25, 0.3) is 0 Å². The van der Waals surface area contributed by atoms with E-state index < -0.39 is 6.04 Å². The standard InChI is InChI=1S/C16H18FNO/c1-10-6-11(2)8-12(7-10)16(18)14-5-4-13(19-3)9-15(14)17/h4-9,16H,18H2,1-3H3. The first-order chi connectivity index (χ1) is 9.01. The van der Waals surface area contributed by atoms with Gasteiger partial charge in [0.15, 0.2) is 0 Å². The molecule has 0 spiro atoms. The van der Waals surface area contributed by atoms with E-state index in [4.69, 9.17) is 10.5 Å². The van der Waals surface area contributed by atoms with Gasteiger partial charge in [-0.3, -0.25) is 0 Å². The molecule has 2 N–H and O–H groups in total. The molecule has 0 aliphatic rings. The smallest absolute Gasteiger partial charge is 0.132 e. The summed E-state index contributed by atoms with van der Waals surface area (Å²) in [5.41, 5.74) is 9.81. The number of rotatable bonds is 3. The van der Waals surface area contributed by atoms with Gasteiger partial charge in [-0.1, -0.05) is 35.4 Å². The third kappa shape index (κ3) is 2.93. The van der Waals surface area contributed by atoms with Crippen LogP contribution >= 0.6 is 0 Å². The number of halogens is 1. The highest BCUT2D eigenvalue weighted by molar-refractivity contribution is 5.39. The molecule has 19 heavy (non-hydrogen) atoms. The van der Waals surface area contributed by atoms with Crippen LogP contribution in [0.3, 0.4) is 0 Å². The lowest BCUT2D eigenvalue weighted by Gasteiger charge is -2.15. The summed E-state index contributed by atoms with van der Waals surface area (Å²) >= 11 is 0. The molecule has 0 fully saturated rings.